The van der Waals surface area contributed by atoms with Crippen LogP contribution in [-0.2, 0) is 24.3 Å². The number of unbranched alkanes of at least 4 members (excludes halogenated alkanes) is 2. The molecule has 0 bridgehead atoms. The van der Waals surface area contributed by atoms with Gasteiger partial charge in [-0.15, -0.1) is 0 Å². The second-order valence-corrected chi connectivity index (χ2v) is 7.83. The van der Waals surface area contributed by atoms with Gasteiger partial charge < -0.3 is 4.90 Å². The van der Waals surface area contributed by atoms with Crippen LogP contribution in [0.1, 0.15) is 38.2 Å². The monoisotopic (exact) mass is 405 g/mol. The molecule has 0 unspecified atom stereocenters. The van der Waals surface area contributed by atoms with Crippen LogP contribution < -0.4 is 16.1 Å². The molecule has 3 aromatic rings. The summed E-state index contributed by atoms with van der Waals surface area (Å²) in [5.74, 6) is -0.131. The molecule has 1 aliphatic heterocycles. The summed E-state index contributed by atoms with van der Waals surface area (Å²) in [5.41, 5.74) is 1.89. The number of carbonyl (C=O) groups is 1. The van der Waals surface area contributed by atoms with Crippen molar-refractivity contribution >= 4 is 22.5 Å². The number of fused-ring (bicyclic) bond motifs is 2. The lowest BCUT2D eigenvalue weighted by atomic mass is 10.0. The standard InChI is InChI=1S/C24H27N3O3/c1-2-3-8-15-26-23(29)19-12-5-7-14-21(19)27(24(26)30)17-22(28)25-16-9-11-18-10-4-6-13-20(18)25/h4-7,10,12-14H,2-3,8-9,11,15-17H2,1H3. The number of aromatic nitrogens is 2. The van der Waals surface area contributed by atoms with E-state index in [1.54, 1.807) is 29.2 Å². The van der Waals surface area contributed by atoms with Crippen LogP contribution in [0, 0.1) is 0 Å². The van der Waals surface area contributed by atoms with E-state index in [0.717, 1.165) is 43.4 Å². The van der Waals surface area contributed by atoms with Gasteiger partial charge >= 0.3 is 5.69 Å². The van der Waals surface area contributed by atoms with E-state index in [1.165, 1.54) is 9.13 Å². The topological polar surface area (TPSA) is 64.3 Å². The van der Waals surface area contributed by atoms with Gasteiger partial charge in [-0.25, -0.2) is 4.79 Å². The molecule has 0 radical (unpaired) electrons. The molecule has 6 nitrogen and oxygen atoms in total. The number of rotatable bonds is 6. The highest BCUT2D eigenvalue weighted by Gasteiger charge is 2.24. The number of anilines is 1. The van der Waals surface area contributed by atoms with Crippen LogP contribution in [0.25, 0.3) is 10.9 Å². The maximum absolute atomic E-state index is 13.3. The van der Waals surface area contributed by atoms with Gasteiger partial charge in [0.05, 0.1) is 10.9 Å². The lowest BCUT2D eigenvalue weighted by Crippen LogP contribution is -2.44. The molecule has 1 aromatic heterocycles. The molecule has 0 saturated carbocycles. The molecule has 0 aliphatic carbocycles. The smallest absolute Gasteiger partial charge is 0.311 e. The van der Waals surface area contributed by atoms with Crippen molar-refractivity contribution in [3.63, 3.8) is 0 Å². The van der Waals surface area contributed by atoms with Crippen molar-refractivity contribution in [3.8, 4) is 0 Å². The van der Waals surface area contributed by atoms with Crippen molar-refractivity contribution in [1.82, 2.24) is 9.13 Å². The highest BCUT2D eigenvalue weighted by atomic mass is 16.2. The third kappa shape index (κ3) is 3.70. The number of hydrogen-bond donors (Lipinski definition) is 0. The van der Waals surface area contributed by atoms with Gasteiger partial charge in [0.15, 0.2) is 0 Å². The lowest BCUT2D eigenvalue weighted by molar-refractivity contribution is -0.119. The molecule has 1 amide bonds. The Morgan fingerprint density at radius 3 is 2.57 bits per heavy atom. The van der Waals surface area contributed by atoms with E-state index in [-0.39, 0.29) is 18.0 Å². The summed E-state index contributed by atoms with van der Waals surface area (Å²) < 4.78 is 2.75. The molecule has 2 aromatic carbocycles. The average molecular weight is 405 g/mol. The van der Waals surface area contributed by atoms with Crippen LogP contribution >= 0.6 is 0 Å². The number of carbonyl (C=O) groups excluding carboxylic acids is 1. The maximum atomic E-state index is 13.3. The van der Waals surface area contributed by atoms with E-state index in [4.69, 9.17) is 0 Å². The minimum atomic E-state index is -0.409. The maximum Gasteiger partial charge on any atom is 0.331 e. The minimum absolute atomic E-state index is 0.0816. The molecule has 1 aliphatic rings. The van der Waals surface area contributed by atoms with Crippen LogP contribution in [0.2, 0.25) is 0 Å². The molecule has 2 heterocycles. The molecule has 0 atom stereocenters. The van der Waals surface area contributed by atoms with Crippen molar-refractivity contribution in [2.24, 2.45) is 0 Å². The SMILES string of the molecule is CCCCCn1c(=O)c2ccccc2n(CC(=O)N2CCCc3ccccc32)c1=O. The number of benzene rings is 2. The summed E-state index contributed by atoms with van der Waals surface area (Å²) in [6.45, 7) is 3.01. The second-order valence-electron chi connectivity index (χ2n) is 7.83. The molecular formula is C24H27N3O3. The quantitative estimate of drug-likeness (QED) is 0.591. The van der Waals surface area contributed by atoms with Gasteiger partial charge in [-0.05, 0) is 43.0 Å². The Morgan fingerprint density at radius 1 is 0.967 bits per heavy atom. The van der Waals surface area contributed by atoms with Gasteiger partial charge in [-0.3, -0.25) is 18.7 Å². The Hall–Kier alpha value is -3.15. The summed E-state index contributed by atoms with van der Waals surface area (Å²) in [6, 6.07) is 15.0. The van der Waals surface area contributed by atoms with Crippen molar-refractivity contribution in [1.29, 1.82) is 0 Å². The fourth-order valence-corrected chi connectivity index (χ4v) is 4.25. The molecule has 0 N–H and O–H groups in total. The molecule has 156 valence electrons. The van der Waals surface area contributed by atoms with E-state index < -0.39 is 5.69 Å². The number of para-hydroxylation sites is 2. The van der Waals surface area contributed by atoms with Crippen LogP contribution in [0.5, 0.6) is 0 Å². The number of aryl methyl sites for hydroxylation is 1. The molecule has 0 fully saturated rings. The minimum Gasteiger partial charge on any atom is -0.311 e. The second kappa shape index (κ2) is 8.69. The molecule has 30 heavy (non-hydrogen) atoms. The summed E-state index contributed by atoms with van der Waals surface area (Å²) in [7, 11) is 0. The predicted octanol–water partition coefficient (Wildman–Crippen LogP) is 3.33. The first-order valence-corrected chi connectivity index (χ1v) is 10.7. The Balaban J connectivity index is 1.75. The van der Waals surface area contributed by atoms with Gasteiger partial charge in [0.25, 0.3) is 5.56 Å². The largest absolute Gasteiger partial charge is 0.331 e. The van der Waals surface area contributed by atoms with Gasteiger partial charge in [0.1, 0.15) is 6.54 Å². The molecule has 0 spiro atoms. The van der Waals surface area contributed by atoms with Crippen molar-refractivity contribution < 1.29 is 4.79 Å². The highest BCUT2D eigenvalue weighted by molar-refractivity contribution is 5.95. The van der Waals surface area contributed by atoms with E-state index in [0.29, 0.717) is 24.0 Å². The number of nitrogens with zero attached hydrogens (tertiary/aromatic N) is 3. The molecule has 6 heteroatoms. The van der Waals surface area contributed by atoms with E-state index >= 15 is 0 Å². The Morgan fingerprint density at radius 2 is 1.73 bits per heavy atom. The fraction of sp³-hybridized carbons (Fsp3) is 0.375. The van der Waals surface area contributed by atoms with Crippen LogP contribution in [0.3, 0.4) is 0 Å². The summed E-state index contributed by atoms with van der Waals surface area (Å²) >= 11 is 0. The van der Waals surface area contributed by atoms with Gasteiger partial charge in [0.2, 0.25) is 5.91 Å². The van der Waals surface area contributed by atoms with Crippen LogP contribution in [0.15, 0.2) is 58.1 Å². The third-order valence-electron chi connectivity index (χ3n) is 5.82. The Labute approximate surface area is 175 Å². The first-order valence-electron chi connectivity index (χ1n) is 10.7. The lowest BCUT2D eigenvalue weighted by Gasteiger charge is -2.30. The first-order chi connectivity index (χ1) is 14.6. The highest BCUT2D eigenvalue weighted by Crippen LogP contribution is 2.27. The zero-order chi connectivity index (χ0) is 21.1. The summed E-state index contributed by atoms with van der Waals surface area (Å²) in [5, 5.41) is 0.473. The summed E-state index contributed by atoms with van der Waals surface area (Å²) in [4.78, 5) is 41.2. The predicted molar refractivity (Wildman–Crippen MR) is 119 cm³/mol. The molecular weight excluding hydrogens is 378 g/mol. The average Bonchev–Trinajstić information content (AvgIpc) is 2.78. The summed E-state index contributed by atoms with van der Waals surface area (Å²) in [6.07, 6.45) is 4.56. The van der Waals surface area contributed by atoms with Crippen LogP contribution in [-0.4, -0.2) is 21.6 Å². The molecule has 4 rings (SSSR count). The third-order valence-corrected chi connectivity index (χ3v) is 5.82. The first kappa shape index (κ1) is 20.1. The van der Waals surface area contributed by atoms with Gasteiger partial charge in [-0.2, -0.15) is 0 Å². The zero-order valence-electron chi connectivity index (χ0n) is 17.3. The van der Waals surface area contributed by atoms with E-state index in [1.807, 2.05) is 24.3 Å². The van der Waals surface area contributed by atoms with E-state index in [2.05, 4.69) is 6.92 Å². The van der Waals surface area contributed by atoms with Crippen molar-refractivity contribution in [3.05, 3.63) is 74.9 Å². The van der Waals surface area contributed by atoms with Crippen LogP contribution in [0.4, 0.5) is 5.69 Å². The molecule has 0 saturated heterocycles. The van der Waals surface area contributed by atoms with Crippen molar-refractivity contribution in [2.75, 3.05) is 11.4 Å². The zero-order valence-corrected chi connectivity index (χ0v) is 17.3. The van der Waals surface area contributed by atoms with Gasteiger partial charge in [0, 0.05) is 18.8 Å². The van der Waals surface area contributed by atoms with Crippen molar-refractivity contribution in [2.45, 2.75) is 52.1 Å². The number of amides is 1. The normalized spacial score (nSPS) is 13.4. The van der Waals surface area contributed by atoms with Gasteiger partial charge in [-0.1, -0.05) is 50.1 Å². The van der Waals surface area contributed by atoms with E-state index in [9.17, 15) is 14.4 Å². The number of hydrogen-bond acceptors (Lipinski definition) is 3. The Kier molecular flexibility index (Phi) is 5.84. The Bertz CT molecular complexity index is 1190. The fourth-order valence-electron chi connectivity index (χ4n) is 4.25.